The van der Waals surface area contributed by atoms with Gasteiger partial charge in [0.05, 0.1) is 23.5 Å². The molecule has 0 radical (unpaired) electrons. The fourth-order valence-corrected chi connectivity index (χ4v) is 4.40. The Kier molecular flexibility index (Phi) is 8.35. The maximum atomic E-state index is 13.1. The van der Waals surface area contributed by atoms with E-state index in [1.165, 1.54) is 6.07 Å². The topological polar surface area (TPSA) is 128 Å². The lowest BCUT2D eigenvalue weighted by molar-refractivity contribution is -0.137. The number of nitrogens with zero attached hydrogens (tertiary/aromatic N) is 3. The number of pyridine rings is 2. The Hall–Kier alpha value is -6.02. The first-order valence-electron chi connectivity index (χ1n) is 13.1. The molecule has 0 saturated carbocycles. The van der Waals surface area contributed by atoms with Gasteiger partial charge in [-0.1, -0.05) is 30.3 Å². The number of alkyl halides is 3. The van der Waals surface area contributed by atoms with Crippen LogP contribution in [-0.2, 0) is 12.7 Å². The number of phenols is 1. The predicted octanol–water partition coefficient (Wildman–Crippen LogP) is 6.59. The van der Waals surface area contributed by atoms with Crippen LogP contribution in [0.4, 0.5) is 19.0 Å². The van der Waals surface area contributed by atoms with Gasteiger partial charge in [0.25, 0.3) is 11.8 Å². The zero-order valence-corrected chi connectivity index (χ0v) is 22.8. The number of aromatic hydroxyl groups is 1. The highest BCUT2D eigenvalue weighted by atomic mass is 19.4. The number of phenolic OH excluding ortho intramolecular Hbond substituents is 1. The van der Waals surface area contributed by atoms with Crippen LogP contribution in [0.15, 0.2) is 103 Å². The Bertz CT molecular complexity index is 1890. The number of halogens is 3. The molecule has 0 saturated heterocycles. The van der Waals surface area contributed by atoms with Crippen molar-refractivity contribution in [2.75, 3.05) is 5.32 Å². The average Bonchev–Trinajstić information content (AvgIpc) is 3.03. The molecule has 0 unspecified atom stereocenters. The Morgan fingerprint density at radius 2 is 1.59 bits per heavy atom. The molecular formula is C33H22F3N5O3. The number of rotatable bonds is 7. The molecule has 2 amide bonds. The molecule has 11 heteroatoms. The zero-order chi connectivity index (χ0) is 31.3. The number of benzene rings is 3. The van der Waals surface area contributed by atoms with Crippen molar-refractivity contribution in [3.63, 3.8) is 0 Å². The van der Waals surface area contributed by atoms with Crippen LogP contribution < -0.4 is 10.6 Å². The van der Waals surface area contributed by atoms with Crippen molar-refractivity contribution < 1.29 is 27.9 Å². The number of hydrogen-bond acceptors (Lipinski definition) is 6. The van der Waals surface area contributed by atoms with Crippen molar-refractivity contribution in [3.05, 3.63) is 131 Å². The third-order valence-corrected chi connectivity index (χ3v) is 6.61. The highest BCUT2D eigenvalue weighted by Gasteiger charge is 2.30. The third kappa shape index (κ3) is 6.55. The van der Waals surface area contributed by atoms with Crippen molar-refractivity contribution in [1.82, 2.24) is 15.3 Å². The van der Waals surface area contributed by atoms with E-state index in [-0.39, 0.29) is 40.8 Å². The highest BCUT2D eigenvalue weighted by Crippen LogP contribution is 2.36. The van der Waals surface area contributed by atoms with E-state index < -0.39 is 17.6 Å². The SMILES string of the molecule is N#Cc1c(-c2cccc(C(=O)NCc3ccccn3)c2)cc(-c2ccccc2O)nc1NC(=O)c1ccc(C(F)(F)F)cc1. The molecule has 2 aromatic heterocycles. The molecule has 2 heterocycles. The van der Waals surface area contributed by atoms with Crippen LogP contribution in [0, 0.1) is 11.3 Å². The Morgan fingerprint density at radius 1 is 0.841 bits per heavy atom. The molecule has 0 bridgehead atoms. The first-order valence-corrected chi connectivity index (χ1v) is 13.1. The Labute approximate surface area is 249 Å². The molecule has 3 N–H and O–H groups in total. The summed E-state index contributed by atoms with van der Waals surface area (Å²) < 4.78 is 39.0. The second-order valence-electron chi connectivity index (χ2n) is 9.52. The van der Waals surface area contributed by atoms with Gasteiger partial charge in [-0.2, -0.15) is 18.4 Å². The fraction of sp³-hybridized carbons (Fsp3) is 0.0606. The first kappa shape index (κ1) is 29.5. The van der Waals surface area contributed by atoms with Gasteiger partial charge >= 0.3 is 6.18 Å². The number of nitrogens with one attached hydrogen (secondary N) is 2. The number of aromatic nitrogens is 2. The summed E-state index contributed by atoms with van der Waals surface area (Å²) in [5.41, 5.74) is 1.12. The Morgan fingerprint density at radius 3 is 2.27 bits per heavy atom. The maximum absolute atomic E-state index is 13.1. The second kappa shape index (κ2) is 12.5. The van der Waals surface area contributed by atoms with Gasteiger partial charge in [-0.05, 0) is 72.3 Å². The lowest BCUT2D eigenvalue weighted by atomic mass is 9.96. The summed E-state index contributed by atoms with van der Waals surface area (Å²) in [7, 11) is 0. The van der Waals surface area contributed by atoms with E-state index in [9.17, 15) is 33.1 Å². The summed E-state index contributed by atoms with van der Waals surface area (Å²) in [5, 5.41) is 26.0. The van der Waals surface area contributed by atoms with E-state index in [2.05, 4.69) is 20.6 Å². The van der Waals surface area contributed by atoms with Crippen molar-refractivity contribution >= 4 is 17.6 Å². The van der Waals surface area contributed by atoms with Crippen LogP contribution in [0.1, 0.15) is 37.5 Å². The molecule has 8 nitrogen and oxygen atoms in total. The van der Waals surface area contributed by atoms with Crippen molar-refractivity contribution in [1.29, 1.82) is 5.26 Å². The lowest BCUT2D eigenvalue weighted by Crippen LogP contribution is -2.23. The molecule has 5 aromatic rings. The Balaban J connectivity index is 1.54. The average molecular weight is 594 g/mol. The molecule has 0 fully saturated rings. The smallest absolute Gasteiger partial charge is 0.416 e. The summed E-state index contributed by atoms with van der Waals surface area (Å²) in [6, 6.07) is 25.3. The summed E-state index contributed by atoms with van der Waals surface area (Å²) >= 11 is 0. The number of nitriles is 1. The minimum Gasteiger partial charge on any atom is -0.507 e. The lowest BCUT2D eigenvalue weighted by Gasteiger charge is -2.15. The zero-order valence-electron chi connectivity index (χ0n) is 22.8. The standard InChI is InChI=1S/C33H22F3N5O3/c34-33(35,36)23-13-11-20(12-14-23)32(44)41-30-27(18-37)26(17-28(40-30)25-9-1-2-10-29(25)42)21-6-5-7-22(16-21)31(43)39-19-24-8-3-4-15-38-24/h1-17,42H,19H2,(H,39,43)(H,40,41,44). The number of anilines is 1. The van der Waals surface area contributed by atoms with Crippen LogP contribution >= 0.6 is 0 Å². The van der Waals surface area contributed by atoms with Crippen LogP contribution in [0.2, 0.25) is 0 Å². The predicted molar refractivity (Wildman–Crippen MR) is 156 cm³/mol. The van der Waals surface area contributed by atoms with Gasteiger partial charge in [-0.3, -0.25) is 14.6 Å². The molecule has 0 atom stereocenters. The maximum Gasteiger partial charge on any atom is 0.416 e. The number of carbonyl (C=O) groups excluding carboxylic acids is 2. The van der Waals surface area contributed by atoms with Crippen molar-refractivity contribution in [2.45, 2.75) is 12.7 Å². The van der Waals surface area contributed by atoms with E-state index in [4.69, 9.17) is 0 Å². The van der Waals surface area contributed by atoms with Crippen LogP contribution in [0.25, 0.3) is 22.4 Å². The molecule has 218 valence electrons. The number of para-hydroxylation sites is 1. The molecule has 0 aliphatic heterocycles. The fourth-order valence-electron chi connectivity index (χ4n) is 4.40. The minimum absolute atomic E-state index is 0.0597. The van der Waals surface area contributed by atoms with Crippen LogP contribution in [0.5, 0.6) is 5.75 Å². The van der Waals surface area contributed by atoms with E-state index >= 15 is 0 Å². The van der Waals surface area contributed by atoms with Crippen molar-refractivity contribution in [3.8, 4) is 34.2 Å². The van der Waals surface area contributed by atoms with Gasteiger partial charge in [0.15, 0.2) is 5.82 Å². The van der Waals surface area contributed by atoms with E-state index in [0.29, 0.717) is 27.9 Å². The number of amides is 2. The molecule has 5 rings (SSSR count). The van der Waals surface area contributed by atoms with Gasteiger partial charge in [-0.15, -0.1) is 0 Å². The summed E-state index contributed by atoms with van der Waals surface area (Å²) in [5.74, 6) is -1.48. The van der Waals surface area contributed by atoms with Gasteiger partial charge in [-0.25, -0.2) is 4.98 Å². The number of hydrogen-bond donors (Lipinski definition) is 3. The second-order valence-corrected chi connectivity index (χ2v) is 9.52. The van der Waals surface area contributed by atoms with Crippen LogP contribution in [0.3, 0.4) is 0 Å². The van der Waals surface area contributed by atoms with Gasteiger partial charge in [0, 0.05) is 28.5 Å². The summed E-state index contributed by atoms with van der Waals surface area (Å²) in [6.07, 6.45) is -2.96. The van der Waals surface area contributed by atoms with Gasteiger partial charge in [0.2, 0.25) is 0 Å². The molecule has 0 aliphatic rings. The largest absolute Gasteiger partial charge is 0.507 e. The molecule has 0 spiro atoms. The van der Waals surface area contributed by atoms with Crippen LogP contribution in [-0.4, -0.2) is 26.9 Å². The summed E-state index contributed by atoms with van der Waals surface area (Å²) in [6.45, 7) is 0.195. The monoisotopic (exact) mass is 593 g/mol. The summed E-state index contributed by atoms with van der Waals surface area (Å²) in [4.78, 5) is 34.7. The minimum atomic E-state index is -4.57. The molecule has 44 heavy (non-hydrogen) atoms. The van der Waals surface area contributed by atoms with Crippen molar-refractivity contribution in [2.24, 2.45) is 0 Å². The van der Waals surface area contributed by atoms with E-state index in [1.807, 2.05) is 6.07 Å². The first-order chi connectivity index (χ1) is 21.1. The molecule has 3 aromatic carbocycles. The molecular weight excluding hydrogens is 571 g/mol. The third-order valence-electron chi connectivity index (χ3n) is 6.61. The quantitative estimate of drug-likeness (QED) is 0.195. The normalized spacial score (nSPS) is 11.0. The van der Waals surface area contributed by atoms with E-state index in [1.54, 1.807) is 72.9 Å². The van der Waals surface area contributed by atoms with Gasteiger partial charge in [0.1, 0.15) is 17.4 Å². The highest BCUT2D eigenvalue weighted by molar-refractivity contribution is 6.05. The number of carbonyl (C=O) groups is 2. The molecule has 0 aliphatic carbocycles. The van der Waals surface area contributed by atoms with E-state index in [0.717, 1.165) is 24.3 Å². The van der Waals surface area contributed by atoms with Gasteiger partial charge < -0.3 is 15.7 Å².